The number of nitrogens with zero attached hydrogens (tertiary/aromatic N) is 2. The summed E-state index contributed by atoms with van der Waals surface area (Å²) in [4.78, 5) is 30.2. The fourth-order valence-electron chi connectivity index (χ4n) is 4.09. The van der Waals surface area contributed by atoms with E-state index in [-0.39, 0.29) is 18.3 Å². The van der Waals surface area contributed by atoms with Gasteiger partial charge in [0.2, 0.25) is 5.91 Å². The van der Waals surface area contributed by atoms with E-state index in [1.807, 2.05) is 6.07 Å². The van der Waals surface area contributed by atoms with Gasteiger partial charge >= 0.3 is 0 Å². The van der Waals surface area contributed by atoms with E-state index in [9.17, 15) is 9.59 Å². The van der Waals surface area contributed by atoms with Gasteiger partial charge in [0.05, 0.1) is 20.2 Å². The third kappa shape index (κ3) is 6.03. The van der Waals surface area contributed by atoms with Gasteiger partial charge in [0, 0.05) is 29.8 Å². The van der Waals surface area contributed by atoms with E-state index >= 15 is 0 Å². The van der Waals surface area contributed by atoms with Crippen molar-refractivity contribution >= 4 is 17.6 Å². The van der Waals surface area contributed by atoms with Crippen LogP contribution in [0.2, 0.25) is 0 Å². The maximum atomic E-state index is 12.6. The second-order valence-corrected chi connectivity index (χ2v) is 8.09. The number of nitrogens with two attached hydrogens (primary N) is 2. The van der Waals surface area contributed by atoms with Gasteiger partial charge in [-0.2, -0.15) is 4.99 Å². The van der Waals surface area contributed by atoms with Gasteiger partial charge in [-0.05, 0) is 31.7 Å². The molecule has 0 bridgehead atoms. The van der Waals surface area contributed by atoms with E-state index in [2.05, 4.69) is 15.2 Å². The Balaban J connectivity index is 1.59. The summed E-state index contributed by atoms with van der Waals surface area (Å²) in [6.45, 7) is 0.626. The Morgan fingerprint density at radius 2 is 1.87 bits per heavy atom. The maximum Gasteiger partial charge on any atom is 0.261 e. The number of ether oxygens (including phenoxy) is 1. The minimum Gasteiger partial charge on any atom is -0.496 e. The van der Waals surface area contributed by atoms with E-state index in [4.69, 9.17) is 16.2 Å². The van der Waals surface area contributed by atoms with Crippen LogP contribution >= 0.6 is 0 Å². The van der Waals surface area contributed by atoms with E-state index in [0.29, 0.717) is 36.5 Å². The van der Waals surface area contributed by atoms with Crippen LogP contribution in [-0.2, 0) is 16.1 Å². The van der Waals surface area contributed by atoms with Crippen LogP contribution in [0.25, 0.3) is 0 Å². The summed E-state index contributed by atoms with van der Waals surface area (Å²) >= 11 is 0. The molecule has 2 amide bonds. The number of rotatable bonds is 9. The molecule has 2 saturated carbocycles. The van der Waals surface area contributed by atoms with Crippen molar-refractivity contribution in [1.82, 2.24) is 10.2 Å². The number of carbonyl (C=O) groups excluding carboxylic acids is 2. The second-order valence-electron chi connectivity index (χ2n) is 8.09. The molecule has 2 aliphatic carbocycles. The van der Waals surface area contributed by atoms with E-state index < -0.39 is 5.91 Å². The molecule has 2 aliphatic rings. The Bertz CT molecular complexity index is 785. The first-order valence-corrected chi connectivity index (χ1v) is 10.8. The third-order valence-electron chi connectivity index (χ3n) is 5.86. The number of aliphatic imine (C=N–C) groups is 1. The molecular formula is C22H33N5O3. The molecule has 8 nitrogen and oxygen atoms in total. The molecule has 0 aromatic heterocycles. The van der Waals surface area contributed by atoms with Crippen LogP contribution in [-0.4, -0.2) is 54.8 Å². The van der Waals surface area contributed by atoms with Gasteiger partial charge in [0.25, 0.3) is 5.91 Å². The van der Waals surface area contributed by atoms with Gasteiger partial charge < -0.3 is 21.5 Å². The molecule has 0 aliphatic heterocycles. The molecule has 8 heteroatoms. The molecule has 1 aromatic rings. The SMILES string of the molecule is COc1cc(C(N)=NC(=O)CN)ccc1CNC(=O)CN(C1CCCCC1)C1CC1. The van der Waals surface area contributed by atoms with Crippen molar-refractivity contribution in [3.8, 4) is 5.75 Å². The fourth-order valence-corrected chi connectivity index (χ4v) is 4.09. The minimum atomic E-state index is -0.485. The molecule has 0 atom stereocenters. The number of carbonyl (C=O) groups is 2. The normalized spacial score (nSPS) is 17.8. The van der Waals surface area contributed by atoms with E-state index in [1.165, 1.54) is 44.9 Å². The lowest BCUT2D eigenvalue weighted by Gasteiger charge is -2.34. The molecule has 0 spiro atoms. The molecule has 0 unspecified atom stereocenters. The Hall–Kier alpha value is -2.45. The highest BCUT2D eigenvalue weighted by atomic mass is 16.5. The summed E-state index contributed by atoms with van der Waals surface area (Å²) in [6.07, 6.45) is 8.66. The molecule has 1 aromatic carbocycles. The molecule has 2 fully saturated rings. The first kappa shape index (κ1) is 22.2. The van der Waals surface area contributed by atoms with Crippen LogP contribution in [0.3, 0.4) is 0 Å². The molecule has 5 N–H and O–H groups in total. The second kappa shape index (κ2) is 10.5. The highest BCUT2D eigenvalue weighted by molar-refractivity contribution is 6.04. The fraction of sp³-hybridized carbons (Fsp3) is 0.591. The smallest absolute Gasteiger partial charge is 0.261 e. The molecule has 0 saturated heterocycles. The van der Waals surface area contributed by atoms with Crippen LogP contribution < -0.4 is 21.5 Å². The lowest BCUT2D eigenvalue weighted by atomic mass is 9.94. The number of amidine groups is 1. The number of hydrogen-bond acceptors (Lipinski definition) is 5. The summed E-state index contributed by atoms with van der Waals surface area (Å²) in [5, 5.41) is 3.02. The number of benzene rings is 1. The van der Waals surface area contributed by atoms with Crippen LogP contribution in [0.15, 0.2) is 23.2 Å². The van der Waals surface area contributed by atoms with Gasteiger partial charge in [-0.1, -0.05) is 31.4 Å². The predicted molar refractivity (Wildman–Crippen MR) is 116 cm³/mol. The minimum absolute atomic E-state index is 0.0354. The topological polar surface area (TPSA) is 123 Å². The quantitative estimate of drug-likeness (QED) is 0.413. The van der Waals surface area contributed by atoms with Crippen LogP contribution in [0, 0.1) is 0 Å². The lowest BCUT2D eigenvalue weighted by molar-refractivity contribution is -0.123. The summed E-state index contributed by atoms with van der Waals surface area (Å²) in [5.74, 6) is 0.221. The Morgan fingerprint density at radius 3 is 2.50 bits per heavy atom. The highest BCUT2D eigenvalue weighted by Gasteiger charge is 2.35. The molecule has 0 heterocycles. The maximum absolute atomic E-state index is 12.6. The van der Waals surface area contributed by atoms with Gasteiger partial charge in [-0.15, -0.1) is 0 Å². The summed E-state index contributed by atoms with van der Waals surface area (Å²) in [7, 11) is 1.56. The highest BCUT2D eigenvalue weighted by Crippen LogP contribution is 2.33. The summed E-state index contributed by atoms with van der Waals surface area (Å²) in [5.41, 5.74) is 12.5. The van der Waals surface area contributed by atoms with Gasteiger partial charge in [-0.25, -0.2) is 0 Å². The molecule has 0 radical (unpaired) electrons. The number of amides is 2. The van der Waals surface area contributed by atoms with Crippen molar-refractivity contribution in [2.45, 2.75) is 63.6 Å². The standard InChI is InChI=1S/C22H33N5O3/c1-30-19-11-15(22(24)26-20(28)12-23)7-8-16(19)13-25-21(29)14-27(18-9-10-18)17-5-3-2-4-6-17/h7-8,11,17-18H,2-6,9-10,12-14,23H2,1H3,(H,25,29)(H2,24,26,28). The van der Waals surface area contributed by atoms with E-state index in [0.717, 1.165) is 5.56 Å². The van der Waals surface area contributed by atoms with Crippen molar-refractivity contribution in [3.63, 3.8) is 0 Å². The third-order valence-corrected chi connectivity index (χ3v) is 5.86. The van der Waals surface area contributed by atoms with Crippen molar-refractivity contribution in [1.29, 1.82) is 0 Å². The summed E-state index contributed by atoms with van der Waals surface area (Å²) < 4.78 is 5.44. The van der Waals surface area contributed by atoms with Gasteiger partial charge in [0.15, 0.2) is 0 Å². The van der Waals surface area contributed by atoms with Crippen LogP contribution in [0.1, 0.15) is 56.1 Å². The average Bonchev–Trinajstić information content (AvgIpc) is 3.61. The first-order valence-electron chi connectivity index (χ1n) is 10.8. The molecular weight excluding hydrogens is 382 g/mol. The largest absolute Gasteiger partial charge is 0.496 e. The zero-order chi connectivity index (χ0) is 21.5. The predicted octanol–water partition coefficient (Wildman–Crippen LogP) is 1.30. The number of hydrogen-bond donors (Lipinski definition) is 3. The number of nitrogens with one attached hydrogen (secondary N) is 1. The average molecular weight is 416 g/mol. The zero-order valence-corrected chi connectivity index (χ0v) is 17.7. The van der Waals surface area contributed by atoms with E-state index in [1.54, 1.807) is 19.2 Å². The van der Waals surface area contributed by atoms with Crippen LogP contribution in [0.5, 0.6) is 5.75 Å². The van der Waals surface area contributed by atoms with Crippen molar-refractivity contribution in [2.24, 2.45) is 16.5 Å². The Kier molecular flexibility index (Phi) is 7.81. The number of methoxy groups -OCH3 is 1. The zero-order valence-electron chi connectivity index (χ0n) is 17.7. The summed E-state index contributed by atoms with van der Waals surface area (Å²) in [6, 6.07) is 6.41. The van der Waals surface area contributed by atoms with Crippen molar-refractivity contribution in [2.75, 3.05) is 20.2 Å². The van der Waals surface area contributed by atoms with Crippen LogP contribution in [0.4, 0.5) is 0 Å². The lowest BCUT2D eigenvalue weighted by Crippen LogP contribution is -2.44. The molecule has 164 valence electrons. The molecule has 3 rings (SSSR count). The Labute approximate surface area is 178 Å². The Morgan fingerprint density at radius 1 is 1.17 bits per heavy atom. The van der Waals surface area contributed by atoms with Crippen molar-refractivity contribution in [3.05, 3.63) is 29.3 Å². The molecule has 30 heavy (non-hydrogen) atoms. The first-order chi connectivity index (χ1) is 14.5. The van der Waals surface area contributed by atoms with Gasteiger partial charge in [0.1, 0.15) is 11.6 Å². The van der Waals surface area contributed by atoms with Gasteiger partial charge in [-0.3, -0.25) is 14.5 Å². The monoisotopic (exact) mass is 415 g/mol. The van der Waals surface area contributed by atoms with Crippen molar-refractivity contribution < 1.29 is 14.3 Å².